The third-order valence-electron chi connectivity index (χ3n) is 2.27. The summed E-state index contributed by atoms with van der Waals surface area (Å²) < 4.78 is 0. The Labute approximate surface area is 106 Å². The average molecular weight is 248 g/mol. The minimum atomic E-state index is -0.997. The maximum absolute atomic E-state index is 11.4. The van der Waals surface area contributed by atoms with Crippen LogP contribution in [0.4, 0.5) is 10.5 Å². The smallest absolute Gasteiger partial charge is 0.330 e. The third-order valence-corrected chi connectivity index (χ3v) is 2.27. The van der Waals surface area contributed by atoms with E-state index in [9.17, 15) is 9.59 Å². The van der Waals surface area contributed by atoms with Crippen molar-refractivity contribution in [1.29, 1.82) is 0 Å². The lowest BCUT2D eigenvalue weighted by molar-refractivity contribution is -0.132. The Balaban J connectivity index is 2.18. The van der Waals surface area contributed by atoms with Crippen molar-refractivity contribution in [3.63, 3.8) is 0 Å². The molecule has 0 aromatic heterocycles. The minimum absolute atomic E-state index is 0.153. The Bertz CT molecular complexity index is 429. The van der Waals surface area contributed by atoms with E-state index in [0.29, 0.717) is 25.1 Å². The molecule has 0 bridgehead atoms. The maximum atomic E-state index is 11.4. The number of aliphatic carboxylic acids is 1. The van der Waals surface area contributed by atoms with Gasteiger partial charge in [0.25, 0.3) is 0 Å². The van der Waals surface area contributed by atoms with E-state index in [2.05, 4.69) is 17.2 Å². The summed E-state index contributed by atoms with van der Waals surface area (Å²) in [6.45, 7) is 3.82. The Morgan fingerprint density at radius 1 is 1.22 bits per heavy atom. The molecule has 1 rings (SSSR count). The van der Waals surface area contributed by atoms with E-state index in [0.717, 1.165) is 0 Å². The van der Waals surface area contributed by atoms with Crippen LogP contribution in [0, 0.1) is 0 Å². The Morgan fingerprint density at radius 3 is 2.50 bits per heavy atom. The lowest BCUT2D eigenvalue weighted by Crippen LogP contribution is -2.29. The molecule has 0 radical (unpaired) electrons. The third kappa shape index (κ3) is 5.16. The minimum Gasteiger partial charge on any atom is -0.478 e. The molecule has 18 heavy (non-hydrogen) atoms. The van der Waals surface area contributed by atoms with Gasteiger partial charge in [0, 0.05) is 17.8 Å². The van der Waals surface area contributed by atoms with Crippen molar-refractivity contribution in [3.05, 3.63) is 42.5 Å². The number of amides is 2. The summed E-state index contributed by atoms with van der Waals surface area (Å²) in [7, 11) is 0. The standard InChI is InChI=1S/C13H16N2O3/c1-10(12(16)17)6-5-9-14-13(18)15-11-7-3-2-4-8-11/h2-4,7-8H,1,5-6,9H2,(H,16,17)(H2,14,15,18). The van der Waals surface area contributed by atoms with E-state index in [1.54, 1.807) is 12.1 Å². The number of para-hydroxylation sites is 1. The highest BCUT2D eigenvalue weighted by atomic mass is 16.4. The highest BCUT2D eigenvalue weighted by Crippen LogP contribution is 2.04. The summed E-state index contributed by atoms with van der Waals surface area (Å²) in [4.78, 5) is 21.9. The number of hydrogen-bond donors (Lipinski definition) is 3. The molecule has 0 aliphatic rings. The highest BCUT2D eigenvalue weighted by molar-refractivity contribution is 5.89. The molecule has 5 heteroatoms. The highest BCUT2D eigenvalue weighted by Gasteiger charge is 2.04. The van der Waals surface area contributed by atoms with Crippen molar-refractivity contribution in [3.8, 4) is 0 Å². The maximum Gasteiger partial charge on any atom is 0.330 e. The molecule has 1 aromatic carbocycles. The van der Waals surface area contributed by atoms with Crippen LogP contribution >= 0.6 is 0 Å². The zero-order valence-electron chi connectivity index (χ0n) is 9.98. The van der Waals surface area contributed by atoms with Crippen LogP contribution in [-0.2, 0) is 4.79 Å². The summed E-state index contributed by atoms with van der Waals surface area (Å²) in [5.41, 5.74) is 0.866. The van der Waals surface area contributed by atoms with Crippen molar-refractivity contribution < 1.29 is 14.7 Å². The fourth-order valence-corrected chi connectivity index (χ4v) is 1.31. The zero-order valence-corrected chi connectivity index (χ0v) is 9.98. The van der Waals surface area contributed by atoms with E-state index in [1.165, 1.54) is 0 Å². The molecule has 0 saturated carbocycles. The predicted molar refractivity (Wildman–Crippen MR) is 69.5 cm³/mol. The van der Waals surface area contributed by atoms with E-state index in [-0.39, 0.29) is 11.6 Å². The van der Waals surface area contributed by atoms with Gasteiger partial charge in [-0.15, -0.1) is 0 Å². The molecule has 1 aromatic rings. The topological polar surface area (TPSA) is 78.4 Å². The zero-order chi connectivity index (χ0) is 13.4. The van der Waals surface area contributed by atoms with Crippen molar-refractivity contribution in [2.45, 2.75) is 12.8 Å². The number of rotatable bonds is 6. The van der Waals surface area contributed by atoms with Crippen LogP contribution in [0.5, 0.6) is 0 Å². The van der Waals surface area contributed by atoms with Gasteiger partial charge in [0.15, 0.2) is 0 Å². The molecule has 3 N–H and O–H groups in total. The van der Waals surface area contributed by atoms with Gasteiger partial charge < -0.3 is 15.7 Å². The number of carbonyl (C=O) groups excluding carboxylic acids is 1. The van der Waals surface area contributed by atoms with Crippen LogP contribution < -0.4 is 10.6 Å². The van der Waals surface area contributed by atoms with E-state index < -0.39 is 5.97 Å². The second kappa shape index (κ2) is 7.11. The van der Waals surface area contributed by atoms with Crippen molar-refractivity contribution >= 4 is 17.7 Å². The number of carbonyl (C=O) groups is 2. The molecule has 0 atom stereocenters. The number of hydrogen-bond acceptors (Lipinski definition) is 2. The Morgan fingerprint density at radius 2 is 1.89 bits per heavy atom. The van der Waals surface area contributed by atoms with Gasteiger partial charge in [-0.1, -0.05) is 24.8 Å². The molecule has 0 heterocycles. The number of urea groups is 1. The first-order valence-electron chi connectivity index (χ1n) is 5.60. The molecule has 96 valence electrons. The molecule has 5 nitrogen and oxygen atoms in total. The van der Waals surface area contributed by atoms with Gasteiger partial charge in [-0.25, -0.2) is 9.59 Å². The van der Waals surface area contributed by atoms with Crippen molar-refractivity contribution in [2.24, 2.45) is 0 Å². The van der Waals surface area contributed by atoms with Crippen molar-refractivity contribution in [2.75, 3.05) is 11.9 Å². The van der Waals surface area contributed by atoms with Crippen LogP contribution in [0.2, 0.25) is 0 Å². The Hall–Kier alpha value is -2.30. The fraction of sp³-hybridized carbons (Fsp3) is 0.231. The van der Waals surface area contributed by atoms with E-state index >= 15 is 0 Å². The molecule has 0 saturated heterocycles. The molecule has 0 aliphatic heterocycles. The fourth-order valence-electron chi connectivity index (χ4n) is 1.31. The summed E-state index contributed by atoms with van der Waals surface area (Å²) >= 11 is 0. The van der Waals surface area contributed by atoms with Gasteiger partial charge in [0.1, 0.15) is 0 Å². The first kappa shape index (κ1) is 13.8. The molecule has 2 amide bonds. The van der Waals surface area contributed by atoms with Gasteiger partial charge in [-0.3, -0.25) is 0 Å². The van der Waals surface area contributed by atoms with E-state index in [1.807, 2.05) is 18.2 Å². The lowest BCUT2D eigenvalue weighted by atomic mass is 10.2. The van der Waals surface area contributed by atoms with Gasteiger partial charge >= 0.3 is 12.0 Å². The number of carboxylic acid groups (broad SMARTS) is 1. The molecular formula is C13H16N2O3. The van der Waals surface area contributed by atoms with Crippen LogP contribution in [-0.4, -0.2) is 23.7 Å². The quantitative estimate of drug-likeness (QED) is 0.533. The number of benzene rings is 1. The van der Waals surface area contributed by atoms with Crippen LogP contribution in [0.1, 0.15) is 12.8 Å². The van der Waals surface area contributed by atoms with Crippen LogP contribution in [0.15, 0.2) is 42.5 Å². The average Bonchev–Trinajstić information content (AvgIpc) is 2.35. The molecule has 0 unspecified atom stereocenters. The normalized spacial score (nSPS) is 9.56. The summed E-state index contributed by atoms with van der Waals surface area (Å²) in [6.07, 6.45) is 0.911. The second-order valence-electron chi connectivity index (χ2n) is 3.76. The molecule has 0 aliphatic carbocycles. The van der Waals surface area contributed by atoms with Gasteiger partial charge in [-0.05, 0) is 25.0 Å². The summed E-state index contributed by atoms with van der Waals surface area (Å²) in [5.74, 6) is -0.997. The van der Waals surface area contributed by atoms with Gasteiger partial charge in [-0.2, -0.15) is 0 Å². The van der Waals surface area contributed by atoms with Crippen LogP contribution in [0.25, 0.3) is 0 Å². The van der Waals surface area contributed by atoms with Crippen molar-refractivity contribution in [1.82, 2.24) is 5.32 Å². The summed E-state index contributed by atoms with van der Waals surface area (Å²) in [5, 5.41) is 13.9. The first-order chi connectivity index (χ1) is 8.59. The predicted octanol–water partition coefficient (Wildman–Crippen LogP) is 2.23. The van der Waals surface area contributed by atoms with Gasteiger partial charge in [0.2, 0.25) is 0 Å². The summed E-state index contributed by atoms with van der Waals surface area (Å²) in [6, 6.07) is 8.78. The Kier molecular flexibility index (Phi) is 5.44. The monoisotopic (exact) mass is 248 g/mol. The number of carboxylic acids is 1. The first-order valence-corrected chi connectivity index (χ1v) is 5.60. The largest absolute Gasteiger partial charge is 0.478 e. The SMILES string of the molecule is C=C(CCCNC(=O)Nc1ccccc1)C(=O)O. The number of nitrogens with one attached hydrogen (secondary N) is 2. The number of anilines is 1. The van der Waals surface area contributed by atoms with Crippen LogP contribution in [0.3, 0.4) is 0 Å². The second-order valence-corrected chi connectivity index (χ2v) is 3.76. The molecule has 0 fully saturated rings. The van der Waals surface area contributed by atoms with Gasteiger partial charge in [0.05, 0.1) is 0 Å². The molecule has 0 spiro atoms. The lowest BCUT2D eigenvalue weighted by Gasteiger charge is -2.07. The van der Waals surface area contributed by atoms with E-state index in [4.69, 9.17) is 5.11 Å². The molecular weight excluding hydrogens is 232 g/mol.